The number of aliphatic hydroxyl groups is 1. The van der Waals surface area contributed by atoms with Crippen molar-refractivity contribution in [3.8, 4) is 16.9 Å². The van der Waals surface area contributed by atoms with Crippen LogP contribution in [0.25, 0.3) is 22.0 Å². The van der Waals surface area contributed by atoms with E-state index >= 15 is 0 Å². The third-order valence-corrected chi connectivity index (χ3v) is 4.08. The molecule has 8 heteroatoms. The van der Waals surface area contributed by atoms with Crippen molar-refractivity contribution in [3.63, 3.8) is 0 Å². The van der Waals surface area contributed by atoms with E-state index < -0.39 is 11.9 Å². The molecule has 1 heterocycles. The number of fused-ring (bicyclic) bond motifs is 1. The summed E-state index contributed by atoms with van der Waals surface area (Å²) in [6, 6.07) is 10.0. The number of nitrogens with two attached hydrogens (primary N) is 2. The Kier molecular flexibility index (Phi) is 4.51. The number of methoxy groups -OCH3 is 1. The van der Waals surface area contributed by atoms with Crippen LogP contribution in [0, 0.1) is 0 Å². The number of nitrogens with one attached hydrogen (secondary N) is 2. The first-order valence-electron chi connectivity index (χ1n) is 7.74. The highest BCUT2D eigenvalue weighted by molar-refractivity contribution is 6.13. The molecule has 0 saturated heterocycles. The van der Waals surface area contributed by atoms with E-state index in [1.165, 1.54) is 7.11 Å². The normalized spacial score (nSPS) is 10.7. The van der Waals surface area contributed by atoms with Crippen LogP contribution in [-0.2, 0) is 6.61 Å². The van der Waals surface area contributed by atoms with Crippen molar-refractivity contribution in [2.75, 3.05) is 12.4 Å². The van der Waals surface area contributed by atoms with E-state index in [-0.39, 0.29) is 18.0 Å². The Morgan fingerprint density at radius 1 is 1.15 bits per heavy atom. The number of aromatic amines is 1. The Morgan fingerprint density at radius 3 is 2.46 bits per heavy atom. The van der Waals surface area contributed by atoms with Crippen LogP contribution in [0.15, 0.2) is 36.4 Å². The van der Waals surface area contributed by atoms with Crippen LogP contribution in [0.5, 0.6) is 5.75 Å². The van der Waals surface area contributed by atoms with Gasteiger partial charge in [-0.1, -0.05) is 18.2 Å². The van der Waals surface area contributed by atoms with Crippen LogP contribution in [-0.4, -0.2) is 29.1 Å². The van der Waals surface area contributed by atoms with E-state index in [0.717, 1.165) is 11.1 Å². The second kappa shape index (κ2) is 6.77. The second-order valence-corrected chi connectivity index (χ2v) is 5.67. The summed E-state index contributed by atoms with van der Waals surface area (Å²) >= 11 is 0. The summed E-state index contributed by atoms with van der Waals surface area (Å²) in [5.74, 6) is 0.0730. The summed E-state index contributed by atoms with van der Waals surface area (Å²) in [4.78, 5) is 25.9. The third kappa shape index (κ3) is 3.05. The quantitative estimate of drug-likeness (QED) is 0.477. The number of aromatic nitrogens is 1. The number of H-pyrrole nitrogens is 1. The standard InChI is InChI=1S/C18H18N4O4/c1-26-14-5-3-9(6-11(14)8-23)10-2-4-12-13(7-10)21-17(22-18(20)25)15(12)16(19)24/h2-7,21,23H,8H2,1H3,(H2,19,24)(H3,20,22,25). The van der Waals surface area contributed by atoms with Crippen LogP contribution in [0.2, 0.25) is 0 Å². The molecule has 0 atom stereocenters. The maximum Gasteiger partial charge on any atom is 0.317 e. The molecule has 0 unspecified atom stereocenters. The minimum Gasteiger partial charge on any atom is -0.496 e. The molecule has 0 bridgehead atoms. The molecule has 0 spiro atoms. The predicted molar refractivity (Wildman–Crippen MR) is 97.9 cm³/mol. The lowest BCUT2D eigenvalue weighted by atomic mass is 10.0. The van der Waals surface area contributed by atoms with Gasteiger partial charge in [0.1, 0.15) is 11.6 Å². The molecule has 1 aromatic heterocycles. The van der Waals surface area contributed by atoms with Crippen LogP contribution >= 0.6 is 0 Å². The lowest BCUT2D eigenvalue weighted by Gasteiger charge is -2.09. The molecular formula is C18H18N4O4. The SMILES string of the molecule is COc1ccc(-c2ccc3c(C(N)=O)c(NC(N)=O)[nH]c3c2)cc1CO. The Morgan fingerprint density at radius 2 is 1.85 bits per heavy atom. The van der Waals surface area contributed by atoms with Gasteiger partial charge in [-0.2, -0.15) is 0 Å². The number of primary amides is 2. The van der Waals surface area contributed by atoms with Gasteiger partial charge in [-0.15, -0.1) is 0 Å². The largest absolute Gasteiger partial charge is 0.496 e. The van der Waals surface area contributed by atoms with Gasteiger partial charge in [-0.05, 0) is 29.3 Å². The van der Waals surface area contributed by atoms with E-state index in [2.05, 4.69) is 10.3 Å². The zero-order valence-electron chi connectivity index (χ0n) is 14.0. The smallest absolute Gasteiger partial charge is 0.317 e. The molecule has 0 fully saturated rings. The van der Waals surface area contributed by atoms with Gasteiger partial charge in [0.15, 0.2) is 0 Å². The van der Waals surface area contributed by atoms with Gasteiger partial charge >= 0.3 is 6.03 Å². The minimum absolute atomic E-state index is 0.153. The fraction of sp³-hybridized carbons (Fsp3) is 0.111. The molecule has 26 heavy (non-hydrogen) atoms. The van der Waals surface area contributed by atoms with Crippen molar-refractivity contribution in [1.29, 1.82) is 0 Å². The highest BCUT2D eigenvalue weighted by atomic mass is 16.5. The zero-order chi connectivity index (χ0) is 18.8. The number of carbonyl (C=O) groups is 2. The van der Waals surface area contributed by atoms with Crippen molar-refractivity contribution in [1.82, 2.24) is 4.98 Å². The molecule has 0 radical (unpaired) electrons. The number of urea groups is 1. The predicted octanol–water partition coefficient (Wildman–Crippen LogP) is 1.93. The first-order valence-corrected chi connectivity index (χ1v) is 7.74. The Hall–Kier alpha value is -3.52. The van der Waals surface area contributed by atoms with Crippen molar-refractivity contribution in [3.05, 3.63) is 47.5 Å². The number of benzene rings is 2. The van der Waals surface area contributed by atoms with Crippen molar-refractivity contribution < 1.29 is 19.4 Å². The molecular weight excluding hydrogens is 336 g/mol. The summed E-state index contributed by atoms with van der Waals surface area (Å²) in [5.41, 5.74) is 13.7. The third-order valence-electron chi connectivity index (χ3n) is 4.08. The van der Waals surface area contributed by atoms with E-state index in [4.69, 9.17) is 16.2 Å². The molecule has 3 aromatic rings. The van der Waals surface area contributed by atoms with Crippen molar-refractivity contribution in [2.45, 2.75) is 6.61 Å². The zero-order valence-corrected chi connectivity index (χ0v) is 14.0. The molecule has 3 amide bonds. The molecule has 134 valence electrons. The van der Waals surface area contributed by atoms with Crippen LogP contribution in [0.1, 0.15) is 15.9 Å². The topological polar surface area (TPSA) is 143 Å². The molecule has 0 aliphatic carbocycles. The minimum atomic E-state index is -0.804. The van der Waals surface area contributed by atoms with Gasteiger partial charge in [0.25, 0.3) is 5.91 Å². The van der Waals surface area contributed by atoms with Gasteiger partial charge in [0.05, 0.1) is 19.3 Å². The van der Waals surface area contributed by atoms with Crippen LogP contribution < -0.4 is 21.5 Å². The average molecular weight is 354 g/mol. The van der Waals surface area contributed by atoms with Gasteiger partial charge in [0.2, 0.25) is 0 Å². The number of aliphatic hydroxyl groups excluding tert-OH is 1. The number of rotatable bonds is 5. The van der Waals surface area contributed by atoms with Crippen molar-refractivity contribution >= 4 is 28.7 Å². The van der Waals surface area contributed by atoms with Gasteiger partial charge < -0.3 is 26.3 Å². The van der Waals surface area contributed by atoms with Crippen LogP contribution in [0.3, 0.4) is 0 Å². The number of carbonyl (C=O) groups excluding carboxylic acids is 2. The van der Waals surface area contributed by atoms with Gasteiger partial charge in [0, 0.05) is 16.5 Å². The first-order chi connectivity index (χ1) is 12.4. The van der Waals surface area contributed by atoms with Gasteiger partial charge in [-0.25, -0.2) is 4.79 Å². The molecule has 7 N–H and O–H groups in total. The molecule has 3 rings (SSSR count). The highest BCUT2D eigenvalue weighted by Crippen LogP contribution is 2.32. The molecule has 0 aliphatic heterocycles. The Labute approximate surface area is 148 Å². The first kappa shape index (κ1) is 17.3. The van der Waals surface area contributed by atoms with E-state index in [0.29, 0.717) is 22.2 Å². The van der Waals surface area contributed by atoms with Crippen LogP contribution in [0.4, 0.5) is 10.6 Å². The number of hydrogen-bond acceptors (Lipinski definition) is 4. The molecule has 0 saturated carbocycles. The number of hydrogen-bond donors (Lipinski definition) is 5. The lowest BCUT2D eigenvalue weighted by molar-refractivity contribution is 0.100. The summed E-state index contributed by atoms with van der Waals surface area (Å²) in [6.45, 7) is -0.153. The maximum absolute atomic E-state index is 11.8. The summed E-state index contributed by atoms with van der Waals surface area (Å²) < 4.78 is 5.21. The van der Waals surface area contributed by atoms with E-state index in [1.807, 2.05) is 24.3 Å². The van der Waals surface area contributed by atoms with Crippen molar-refractivity contribution in [2.24, 2.45) is 11.5 Å². The number of ether oxygens (including phenoxy) is 1. The summed E-state index contributed by atoms with van der Waals surface area (Å²) in [7, 11) is 1.54. The summed E-state index contributed by atoms with van der Waals surface area (Å²) in [5, 5.41) is 12.4. The van der Waals surface area contributed by atoms with E-state index in [1.54, 1.807) is 12.1 Å². The lowest BCUT2D eigenvalue weighted by Crippen LogP contribution is -2.22. The number of amides is 3. The maximum atomic E-state index is 11.8. The van der Waals surface area contributed by atoms with Gasteiger partial charge in [-0.3, -0.25) is 10.1 Å². The second-order valence-electron chi connectivity index (χ2n) is 5.67. The highest BCUT2D eigenvalue weighted by Gasteiger charge is 2.18. The Balaban J connectivity index is 2.12. The Bertz CT molecular complexity index is 1010. The average Bonchev–Trinajstić information content (AvgIpc) is 2.97. The molecule has 8 nitrogen and oxygen atoms in total. The fourth-order valence-electron chi connectivity index (χ4n) is 2.93. The van der Waals surface area contributed by atoms with E-state index in [9.17, 15) is 14.7 Å². The fourth-order valence-corrected chi connectivity index (χ4v) is 2.93. The molecule has 2 aromatic carbocycles. The summed E-state index contributed by atoms with van der Waals surface area (Å²) in [6.07, 6.45) is 0. The number of anilines is 1. The monoisotopic (exact) mass is 354 g/mol. The molecule has 0 aliphatic rings.